The summed E-state index contributed by atoms with van der Waals surface area (Å²) < 4.78 is 37.2. The minimum absolute atomic E-state index is 0.214. The summed E-state index contributed by atoms with van der Waals surface area (Å²) in [7, 11) is -0.175. The molecule has 1 fully saturated rings. The van der Waals surface area contributed by atoms with Gasteiger partial charge in [-0.2, -0.15) is 0 Å². The maximum atomic E-state index is 12.1. The number of ether oxygens (including phenoxy) is 2. The van der Waals surface area contributed by atoms with Crippen molar-refractivity contribution in [2.24, 2.45) is 0 Å². The van der Waals surface area contributed by atoms with E-state index in [-0.39, 0.29) is 11.8 Å². The van der Waals surface area contributed by atoms with Gasteiger partial charge in [-0.3, -0.25) is 0 Å². The molecule has 6 nitrogen and oxygen atoms in total. The zero-order valence-corrected chi connectivity index (χ0v) is 12.5. The van der Waals surface area contributed by atoms with Crippen LogP contribution in [0.1, 0.15) is 12.0 Å². The first-order chi connectivity index (χ1) is 9.56. The smallest absolute Gasteiger partial charge is 0.216 e. The molecular formula is C13H20N2O4S. The van der Waals surface area contributed by atoms with E-state index in [0.717, 1.165) is 12.1 Å². The number of hydrogen-bond acceptors (Lipinski definition) is 5. The summed E-state index contributed by atoms with van der Waals surface area (Å²) in [5, 5.41) is 2.70. The van der Waals surface area contributed by atoms with Gasteiger partial charge < -0.3 is 14.8 Å². The normalized spacial score (nSPS) is 19.0. The van der Waals surface area contributed by atoms with Crippen LogP contribution in [0.25, 0.3) is 0 Å². The van der Waals surface area contributed by atoms with E-state index in [1.807, 2.05) is 0 Å². The molecule has 1 aliphatic rings. The van der Waals surface area contributed by atoms with Gasteiger partial charge in [-0.25, -0.2) is 13.1 Å². The Morgan fingerprint density at radius 1 is 1.35 bits per heavy atom. The van der Waals surface area contributed by atoms with Gasteiger partial charge >= 0.3 is 0 Å². The minimum Gasteiger partial charge on any atom is -0.497 e. The number of hydrogen-bond donors (Lipinski definition) is 2. The third kappa shape index (κ3) is 3.41. The number of rotatable bonds is 6. The quantitative estimate of drug-likeness (QED) is 0.799. The third-order valence-electron chi connectivity index (χ3n) is 3.41. The average molecular weight is 300 g/mol. The average Bonchev–Trinajstić information content (AvgIpc) is 3.00. The van der Waals surface area contributed by atoms with Crippen LogP contribution in [0.2, 0.25) is 0 Å². The number of benzene rings is 1. The molecule has 112 valence electrons. The van der Waals surface area contributed by atoms with E-state index in [1.165, 1.54) is 0 Å². The van der Waals surface area contributed by atoms with Gasteiger partial charge in [-0.15, -0.1) is 0 Å². The fourth-order valence-corrected chi connectivity index (χ4v) is 3.54. The van der Waals surface area contributed by atoms with Gasteiger partial charge in [-0.1, -0.05) is 6.07 Å². The highest BCUT2D eigenvalue weighted by Crippen LogP contribution is 2.24. The highest BCUT2D eigenvalue weighted by Gasteiger charge is 2.28. The molecule has 1 aromatic rings. The van der Waals surface area contributed by atoms with E-state index >= 15 is 0 Å². The lowest BCUT2D eigenvalue weighted by atomic mass is 10.2. The Hall–Kier alpha value is -1.31. The van der Waals surface area contributed by atoms with Crippen molar-refractivity contribution in [3.05, 3.63) is 23.8 Å². The molecule has 2 rings (SSSR count). The van der Waals surface area contributed by atoms with Crippen LogP contribution in [0.4, 0.5) is 0 Å². The summed E-state index contributed by atoms with van der Waals surface area (Å²) in [6.45, 7) is 1.47. The van der Waals surface area contributed by atoms with Gasteiger partial charge in [0, 0.05) is 24.7 Å². The van der Waals surface area contributed by atoms with Gasteiger partial charge in [0.15, 0.2) is 0 Å². The van der Waals surface area contributed by atoms with Crippen molar-refractivity contribution in [2.75, 3.05) is 27.3 Å². The number of methoxy groups -OCH3 is 2. The summed E-state index contributed by atoms with van der Waals surface area (Å²) in [4.78, 5) is 0. The van der Waals surface area contributed by atoms with Gasteiger partial charge in [0.2, 0.25) is 10.0 Å². The maximum absolute atomic E-state index is 12.1. The lowest BCUT2D eigenvalue weighted by Crippen LogP contribution is -2.35. The summed E-state index contributed by atoms with van der Waals surface area (Å²) in [5.41, 5.74) is 0.780. The van der Waals surface area contributed by atoms with Crippen LogP contribution in [0, 0.1) is 0 Å². The summed E-state index contributed by atoms with van der Waals surface area (Å²) in [5.74, 6) is 1.28. The van der Waals surface area contributed by atoms with Crippen LogP contribution < -0.4 is 19.5 Å². The molecule has 0 spiro atoms. The zero-order chi connectivity index (χ0) is 14.6. The van der Waals surface area contributed by atoms with Gasteiger partial charge in [-0.05, 0) is 19.0 Å². The Kier molecular flexibility index (Phi) is 4.85. The fraction of sp³-hybridized carbons (Fsp3) is 0.538. The van der Waals surface area contributed by atoms with E-state index in [2.05, 4.69) is 10.0 Å². The van der Waals surface area contributed by atoms with Crippen molar-refractivity contribution >= 4 is 10.0 Å². The van der Waals surface area contributed by atoms with E-state index < -0.39 is 10.0 Å². The van der Waals surface area contributed by atoms with Crippen LogP contribution in [-0.4, -0.2) is 41.0 Å². The second kappa shape index (κ2) is 6.43. The zero-order valence-electron chi connectivity index (χ0n) is 11.7. The highest BCUT2D eigenvalue weighted by molar-refractivity contribution is 7.90. The molecule has 0 aromatic heterocycles. The molecule has 1 unspecified atom stereocenters. The minimum atomic E-state index is -3.30. The monoisotopic (exact) mass is 300 g/mol. The molecule has 20 heavy (non-hydrogen) atoms. The van der Waals surface area contributed by atoms with Crippen molar-refractivity contribution in [2.45, 2.75) is 18.2 Å². The first-order valence-corrected chi connectivity index (χ1v) is 8.01. The molecule has 1 atom stereocenters. The third-order valence-corrected chi connectivity index (χ3v) is 5.24. The van der Waals surface area contributed by atoms with Gasteiger partial charge in [0.25, 0.3) is 0 Å². The van der Waals surface area contributed by atoms with Crippen molar-refractivity contribution in [3.63, 3.8) is 0 Å². The standard InChI is InChI=1S/C13H20N2O4S/c1-18-11-4-3-10(13(7-11)19-2)8-15-20(16,17)12-5-6-14-9-12/h3-4,7,12,14-15H,5-6,8-9H2,1-2H3. The van der Waals surface area contributed by atoms with Gasteiger partial charge in [0.05, 0.1) is 19.5 Å². The Balaban J connectivity index is 2.06. The molecular weight excluding hydrogens is 280 g/mol. The Labute approximate surface area is 119 Å². The Morgan fingerprint density at radius 2 is 2.15 bits per heavy atom. The molecule has 0 aliphatic carbocycles. The molecule has 1 saturated heterocycles. The second-order valence-electron chi connectivity index (χ2n) is 4.66. The summed E-state index contributed by atoms with van der Waals surface area (Å²) in [6.07, 6.45) is 0.648. The van der Waals surface area contributed by atoms with Crippen LogP contribution in [-0.2, 0) is 16.6 Å². The SMILES string of the molecule is COc1ccc(CNS(=O)(=O)C2CCNC2)c(OC)c1. The maximum Gasteiger partial charge on any atom is 0.216 e. The predicted molar refractivity (Wildman–Crippen MR) is 76.6 cm³/mol. The van der Waals surface area contributed by atoms with Crippen molar-refractivity contribution in [3.8, 4) is 11.5 Å². The fourth-order valence-electron chi connectivity index (χ4n) is 2.19. The van der Waals surface area contributed by atoms with Crippen LogP contribution in [0.3, 0.4) is 0 Å². The van der Waals surface area contributed by atoms with Crippen molar-refractivity contribution < 1.29 is 17.9 Å². The molecule has 1 aromatic carbocycles. The van der Waals surface area contributed by atoms with E-state index in [0.29, 0.717) is 24.5 Å². The lowest BCUT2D eigenvalue weighted by molar-refractivity contribution is 0.390. The van der Waals surface area contributed by atoms with Crippen LogP contribution >= 0.6 is 0 Å². The first-order valence-electron chi connectivity index (χ1n) is 6.47. The molecule has 0 saturated carbocycles. The Bertz CT molecular complexity index is 553. The van der Waals surface area contributed by atoms with E-state index in [9.17, 15) is 8.42 Å². The molecule has 0 bridgehead atoms. The highest BCUT2D eigenvalue weighted by atomic mass is 32.2. The number of sulfonamides is 1. The first kappa shape index (κ1) is 15.1. The largest absolute Gasteiger partial charge is 0.497 e. The topological polar surface area (TPSA) is 76.7 Å². The summed E-state index contributed by atoms with van der Waals surface area (Å²) in [6, 6.07) is 5.32. The molecule has 1 heterocycles. The molecule has 7 heteroatoms. The molecule has 2 N–H and O–H groups in total. The van der Waals surface area contributed by atoms with Crippen LogP contribution in [0.15, 0.2) is 18.2 Å². The predicted octanol–water partition coefficient (Wildman–Crippen LogP) is 0.485. The molecule has 1 aliphatic heterocycles. The van der Waals surface area contributed by atoms with E-state index in [4.69, 9.17) is 9.47 Å². The second-order valence-corrected chi connectivity index (χ2v) is 6.70. The van der Waals surface area contributed by atoms with Crippen molar-refractivity contribution in [1.82, 2.24) is 10.0 Å². The van der Waals surface area contributed by atoms with Crippen LogP contribution in [0.5, 0.6) is 11.5 Å². The Morgan fingerprint density at radius 3 is 2.75 bits per heavy atom. The lowest BCUT2D eigenvalue weighted by Gasteiger charge is -2.14. The summed E-state index contributed by atoms with van der Waals surface area (Å²) >= 11 is 0. The van der Waals surface area contributed by atoms with Crippen molar-refractivity contribution in [1.29, 1.82) is 0 Å². The number of nitrogens with one attached hydrogen (secondary N) is 2. The molecule has 0 amide bonds. The molecule has 0 radical (unpaired) electrons. The van der Waals surface area contributed by atoms with Gasteiger partial charge in [0.1, 0.15) is 11.5 Å². The van der Waals surface area contributed by atoms with E-state index in [1.54, 1.807) is 32.4 Å².